The van der Waals surface area contributed by atoms with Crippen molar-refractivity contribution in [1.29, 1.82) is 0 Å². The Bertz CT molecular complexity index is 1960. The second kappa shape index (κ2) is 74.5. The van der Waals surface area contributed by atoms with Crippen molar-refractivity contribution in [3.8, 4) is 0 Å². The number of carbonyl (C=O) groups is 4. The monoisotopic (exact) mass is 1490 g/mol. The van der Waals surface area contributed by atoms with E-state index in [4.69, 9.17) is 37.0 Å². The molecule has 0 aromatic heterocycles. The lowest BCUT2D eigenvalue weighted by atomic mass is 10.0. The molecule has 19 heteroatoms. The molecule has 0 heterocycles. The van der Waals surface area contributed by atoms with E-state index in [2.05, 4.69) is 41.5 Å². The zero-order valence-electron chi connectivity index (χ0n) is 66.9. The van der Waals surface area contributed by atoms with Gasteiger partial charge in [-0.25, -0.2) is 9.13 Å². The van der Waals surface area contributed by atoms with Crippen LogP contribution in [-0.2, 0) is 65.4 Å². The minimum Gasteiger partial charge on any atom is -0.462 e. The van der Waals surface area contributed by atoms with Gasteiger partial charge in [-0.2, -0.15) is 0 Å². The van der Waals surface area contributed by atoms with Crippen molar-refractivity contribution >= 4 is 39.5 Å². The number of ether oxygens (including phenoxy) is 4. The fourth-order valence-electron chi connectivity index (χ4n) is 12.9. The number of hydrogen-bond donors (Lipinski definition) is 3. The zero-order valence-corrected chi connectivity index (χ0v) is 68.7. The number of aliphatic hydroxyl groups is 1. The molecule has 0 spiro atoms. The molecule has 0 aromatic carbocycles. The summed E-state index contributed by atoms with van der Waals surface area (Å²) in [6.45, 7) is 9.63. The van der Waals surface area contributed by atoms with Crippen LogP contribution in [0.1, 0.15) is 440 Å². The number of hydrogen-bond acceptors (Lipinski definition) is 15. The molecule has 0 bridgehead atoms. The molecule has 0 amide bonds. The molecule has 0 saturated carbocycles. The zero-order chi connectivity index (χ0) is 74.9. The van der Waals surface area contributed by atoms with E-state index >= 15 is 0 Å². The van der Waals surface area contributed by atoms with Crippen molar-refractivity contribution in [3.63, 3.8) is 0 Å². The van der Waals surface area contributed by atoms with E-state index in [0.717, 1.165) is 102 Å². The van der Waals surface area contributed by atoms with E-state index in [1.165, 1.54) is 257 Å². The highest BCUT2D eigenvalue weighted by Gasteiger charge is 2.30. The van der Waals surface area contributed by atoms with Crippen LogP contribution in [0, 0.1) is 11.8 Å². The molecular weight excluding hydrogens is 1330 g/mol. The standard InChI is InChI=1S/C83H162O17P2/c1-7-9-11-13-15-17-19-21-23-24-25-26-27-28-29-30-32-34-43-49-55-61-67-82(87)99-78(71-93-80(85)65-59-53-47-41-33-31-22-20-18-16-14-12-10-8-2)73-97-101(89,90)95-69-77(84)70-96-102(91,92)98-74-79(100-83(88)68-62-56-50-44-38-36-40-46-52-58-64-76(5)6)72-94-81(86)66-60-54-48-42-37-35-39-45-51-57-63-75(3)4/h75-79,84H,7-74H2,1-6H3,(H,89,90)(H,91,92)/t77-,78-,79-/m1/s1. The molecule has 0 rings (SSSR count). The maximum Gasteiger partial charge on any atom is 0.472 e. The average Bonchev–Trinajstić information content (AvgIpc) is 0.911. The van der Waals surface area contributed by atoms with Gasteiger partial charge >= 0.3 is 39.5 Å². The van der Waals surface area contributed by atoms with Gasteiger partial charge in [-0.05, 0) is 37.5 Å². The summed E-state index contributed by atoms with van der Waals surface area (Å²) in [6.07, 6.45) is 65.3. The Morgan fingerprint density at radius 3 is 0.667 bits per heavy atom. The average molecular weight is 1490 g/mol. The van der Waals surface area contributed by atoms with Crippen LogP contribution in [0.5, 0.6) is 0 Å². The van der Waals surface area contributed by atoms with Crippen LogP contribution in [-0.4, -0.2) is 96.7 Å². The normalized spacial score (nSPS) is 13.9. The maximum atomic E-state index is 13.1. The van der Waals surface area contributed by atoms with Gasteiger partial charge in [-0.3, -0.25) is 37.3 Å². The number of rotatable bonds is 82. The van der Waals surface area contributed by atoms with Gasteiger partial charge in [-0.15, -0.1) is 0 Å². The van der Waals surface area contributed by atoms with Crippen LogP contribution in [0.4, 0.5) is 0 Å². The fraction of sp³-hybridized carbons (Fsp3) is 0.952. The van der Waals surface area contributed by atoms with E-state index in [1.807, 2.05) is 0 Å². The Hall–Kier alpha value is -1.94. The van der Waals surface area contributed by atoms with Crippen molar-refractivity contribution in [1.82, 2.24) is 0 Å². The molecule has 0 aliphatic heterocycles. The molecular formula is C83H162O17P2. The van der Waals surface area contributed by atoms with Gasteiger partial charge in [0.05, 0.1) is 26.4 Å². The van der Waals surface area contributed by atoms with Gasteiger partial charge in [-0.1, -0.05) is 388 Å². The Kier molecular flexibility index (Phi) is 73.1. The Balaban J connectivity index is 5.22. The number of esters is 4. The van der Waals surface area contributed by atoms with Gasteiger partial charge in [0, 0.05) is 25.7 Å². The molecule has 5 atom stereocenters. The summed E-state index contributed by atoms with van der Waals surface area (Å²) in [5.74, 6) is -0.596. The Morgan fingerprint density at radius 1 is 0.265 bits per heavy atom. The first kappa shape index (κ1) is 100. The van der Waals surface area contributed by atoms with Crippen molar-refractivity contribution < 1.29 is 80.2 Å². The Labute approximate surface area is 626 Å². The molecule has 606 valence electrons. The first-order chi connectivity index (χ1) is 49.4. The summed E-state index contributed by atoms with van der Waals surface area (Å²) in [4.78, 5) is 73.1. The number of phosphoric acid groups is 2. The van der Waals surface area contributed by atoms with E-state index < -0.39 is 97.5 Å². The van der Waals surface area contributed by atoms with Crippen LogP contribution < -0.4 is 0 Å². The maximum absolute atomic E-state index is 13.1. The highest BCUT2D eigenvalue weighted by atomic mass is 31.2. The lowest BCUT2D eigenvalue weighted by molar-refractivity contribution is -0.161. The largest absolute Gasteiger partial charge is 0.472 e. The van der Waals surface area contributed by atoms with E-state index in [1.54, 1.807) is 0 Å². The summed E-state index contributed by atoms with van der Waals surface area (Å²) in [5.41, 5.74) is 0. The quantitative estimate of drug-likeness (QED) is 0.0222. The first-order valence-electron chi connectivity index (χ1n) is 43.0. The van der Waals surface area contributed by atoms with Gasteiger partial charge < -0.3 is 33.8 Å². The van der Waals surface area contributed by atoms with Gasteiger partial charge in [0.2, 0.25) is 0 Å². The summed E-state index contributed by atoms with van der Waals surface area (Å²) in [6, 6.07) is 0. The summed E-state index contributed by atoms with van der Waals surface area (Å²) < 4.78 is 68.8. The van der Waals surface area contributed by atoms with E-state index in [0.29, 0.717) is 25.7 Å². The van der Waals surface area contributed by atoms with Crippen LogP contribution >= 0.6 is 15.6 Å². The second-order valence-corrected chi connectivity index (χ2v) is 33.7. The van der Waals surface area contributed by atoms with Crippen LogP contribution in [0.25, 0.3) is 0 Å². The molecule has 0 aliphatic rings. The molecule has 2 unspecified atom stereocenters. The topological polar surface area (TPSA) is 237 Å². The minimum absolute atomic E-state index is 0.106. The van der Waals surface area contributed by atoms with Crippen molar-refractivity contribution in [3.05, 3.63) is 0 Å². The molecule has 0 saturated heterocycles. The lowest BCUT2D eigenvalue weighted by Crippen LogP contribution is -2.30. The third-order valence-corrected chi connectivity index (χ3v) is 21.4. The minimum atomic E-state index is -4.96. The number of carbonyl (C=O) groups excluding carboxylic acids is 4. The molecule has 0 aromatic rings. The number of aliphatic hydroxyl groups excluding tert-OH is 1. The molecule has 3 N–H and O–H groups in total. The number of unbranched alkanes of at least 4 members (excludes halogenated alkanes) is 52. The summed E-state index contributed by atoms with van der Waals surface area (Å²) in [7, 11) is -9.92. The molecule has 0 radical (unpaired) electrons. The van der Waals surface area contributed by atoms with Gasteiger partial charge in [0.1, 0.15) is 19.3 Å². The third-order valence-electron chi connectivity index (χ3n) is 19.5. The summed E-state index contributed by atoms with van der Waals surface area (Å²) >= 11 is 0. The predicted octanol–water partition coefficient (Wildman–Crippen LogP) is 25.1. The highest BCUT2D eigenvalue weighted by molar-refractivity contribution is 7.47. The van der Waals surface area contributed by atoms with E-state index in [9.17, 15) is 43.2 Å². The molecule has 17 nitrogen and oxygen atoms in total. The second-order valence-electron chi connectivity index (χ2n) is 30.8. The van der Waals surface area contributed by atoms with Crippen molar-refractivity contribution in [2.45, 2.75) is 458 Å². The van der Waals surface area contributed by atoms with Gasteiger partial charge in [0.15, 0.2) is 12.2 Å². The lowest BCUT2D eigenvalue weighted by Gasteiger charge is -2.21. The molecule has 102 heavy (non-hydrogen) atoms. The molecule has 0 fully saturated rings. The SMILES string of the molecule is CCCCCCCCCCCCCCCCCCCCCCCCC(=O)O[C@H](COC(=O)CCCCCCCCCCCCCCCC)COP(=O)(O)OC[C@@H](O)COP(=O)(O)OC[C@@H](COC(=O)CCCCCCCCCCCCC(C)C)OC(=O)CCCCCCCCCCCCC(C)C. The first-order valence-corrected chi connectivity index (χ1v) is 46.0. The Morgan fingerprint density at radius 2 is 0.451 bits per heavy atom. The fourth-order valence-corrected chi connectivity index (χ4v) is 14.5. The van der Waals surface area contributed by atoms with Crippen LogP contribution in [0.15, 0.2) is 0 Å². The van der Waals surface area contributed by atoms with Crippen LogP contribution in [0.2, 0.25) is 0 Å². The predicted molar refractivity (Wildman–Crippen MR) is 418 cm³/mol. The molecule has 0 aliphatic carbocycles. The third kappa shape index (κ3) is 76.3. The highest BCUT2D eigenvalue weighted by Crippen LogP contribution is 2.45. The van der Waals surface area contributed by atoms with Crippen LogP contribution in [0.3, 0.4) is 0 Å². The van der Waals surface area contributed by atoms with Crippen molar-refractivity contribution in [2.75, 3.05) is 39.6 Å². The smallest absolute Gasteiger partial charge is 0.462 e. The van der Waals surface area contributed by atoms with E-state index in [-0.39, 0.29) is 25.7 Å². The van der Waals surface area contributed by atoms with Gasteiger partial charge in [0.25, 0.3) is 0 Å². The number of phosphoric ester groups is 2. The summed E-state index contributed by atoms with van der Waals surface area (Å²) in [5, 5.41) is 10.7. The van der Waals surface area contributed by atoms with Crippen molar-refractivity contribution in [2.24, 2.45) is 11.8 Å².